The van der Waals surface area contributed by atoms with Gasteiger partial charge < -0.3 is 5.32 Å². The van der Waals surface area contributed by atoms with Crippen molar-refractivity contribution in [2.75, 3.05) is 12.4 Å². The monoisotopic (exact) mass is 333 g/mol. The number of aromatic nitrogens is 2. The van der Waals surface area contributed by atoms with E-state index in [9.17, 15) is 4.39 Å². The lowest BCUT2D eigenvalue weighted by Gasteiger charge is -2.01. The Hall–Kier alpha value is -0.660. The van der Waals surface area contributed by atoms with Crippen molar-refractivity contribution in [3.05, 3.63) is 34.1 Å². The van der Waals surface area contributed by atoms with Crippen LogP contribution < -0.4 is 5.32 Å². The van der Waals surface area contributed by atoms with E-state index in [4.69, 9.17) is 0 Å². The van der Waals surface area contributed by atoms with Crippen molar-refractivity contribution >= 4 is 44.2 Å². The first kappa shape index (κ1) is 12.8. The van der Waals surface area contributed by atoms with Crippen molar-refractivity contribution in [2.45, 2.75) is 10.1 Å². The van der Waals surface area contributed by atoms with E-state index in [0.717, 1.165) is 13.9 Å². The first-order chi connectivity index (χ1) is 8.19. The van der Waals surface area contributed by atoms with Gasteiger partial charge in [-0.1, -0.05) is 45.1 Å². The summed E-state index contributed by atoms with van der Waals surface area (Å²) in [5.74, 6) is 0.350. The zero-order valence-electron chi connectivity index (χ0n) is 8.91. The summed E-state index contributed by atoms with van der Waals surface area (Å²) in [4.78, 5) is 0. The molecule has 0 saturated carbocycles. The topological polar surface area (TPSA) is 37.8 Å². The Morgan fingerprint density at radius 1 is 1.47 bits per heavy atom. The highest BCUT2D eigenvalue weighted by Crippen LogP contribution is 2.29. The zero-order valence-corrected chi connectivity index (χ0v) is 12.1. The molecule has 17 heavy (non-hydrogen) atoms. The van der Waals surface area contributed by atoms with Gasteiger partial charge in [-0.15, -0.1) is 10.2 Å². The molecule has 0 fully saturated rings. The van der Waals surface area contributed by atoms with Gasteiger partial charge in [0.05, 0.1) is 0 Å². The molecule has 0 aliphatic rings. The molecule has 0 aliphatic heterocycles. The van der Waals surface area contributed by atoms with Crippen LogP contribution in [0.3, 0.4) is 0 Å². The summed E-state index contributed by atoms with van der Waals surface area (Å²) in [5.41, 5.74) is 0.666. The Kier molecular flexibility index (Phi) is 4.36. The van der Waals surface area contributed by atoms with Crippen LogP contribution in [0.5, 0.6) is 0 Å². The van der Waals surface area contributed by atoms with Crippen molar-refractivity contribution in [3.8, 4) is 0 Å². The molecule has 90 valence electrons. The highest BCUT2D eigenvalue weighted by Gasteiger charge is 2.07. The lowest BCUT2D eigenvalue weighted by atomic mass is 10.2. The van der Waals surface area contributed by atoms with Crippen LogP contribution >= 0.6 is 39.0 Å². The third-order valence-electron chi connectivity index (χ3n) is 1.99. The Balaban J connectivity index is 2.02. The SMILES string of the molecule is CNc1nnc(SCc2ccc(Br)cc2F)s1. The van der Waals surface area contributed by atoms with Crippen LogP contribution in [0.2, 0.25) is 0 Å². The van der Waals surface area contributed by atoms with Crippen LogP contribution in [0.15, 0.2) is 27.0 Å². The fourth-order valence-corrected chi connectivity index (χ4v) is 3.17. The fraction of sp³-hybridized carbons (Fsp3) is 0.200. The van der Waals surface area contributed by atoms with Crippen LogP contribution in [-0.2, 0) is 5.75 Å². The molecule has 1 N–H and O–H groups in total. The molecule has 0 spiro atoms. The van der Waals surface area contributed by atoms with E-state index in [1.54, 1.807) is 13.1 Å². The maximum atomic E-state index is 13.5. The third-order valence-corrected chi connectivity index (χ3v) is 4.60. The molecule has 7 heteroatoms. The minimum absolute atomic E-state index is 0.203. The molecule has 0 unspecified atom stereocenters. The molecule has 1 heterocycles. The lowest BCUT2D eigenvalue weighted by Crippen LogP contribution is -1.87. The molecule has 0 atom stereocenters. The second kappa shape index (κ2) is 5.79. The summed E-state index contributed by atoms with van der Waals surface area (Å²) in [6.45, 7) is 0. The number of hydrogen-bond acceptors (Lipinski definition) is 5. The molecular formula is C10H9BrFN3S2. The van der Waals surface area contributed by atoms with E-state index in [-0.39, 0.29) is 5.82 Å². The van der Waals surface area contributed by atoms with Crippen molar-refractivity contribution < 1.29 is 4.39 Å². The minimum atomic E-state index is -0.203. The number of nitrogens with zero attached hydrogens (tertiary/aromatic N) is 2. The lowest BCUT2D eigenvalue weighted by molar-refractivity contribution is 0.616. The van der Waals surface area contributed by atoms with Gasteiger partial charge in [-0.2, -0.15) is 0 Å². The van der Waals surface area contributed by atoms with Crippen LogP contribution in [0.1, 0.15) is 5.56 Å². The molecule has 2 rings (SSSR count). The van der Waals surface area contributed by atoms with Crippen molar-refractivity contribution in [1.29, 1.82) is 0 Å². The normalized spacial score (nSPS) is 10.5. The van der Waals surface area contributed by atoms with Gasteiger partial charge in [0.2, 0.25) is 5.13 Å². The third kappa shape index (κ3) is 3.40. The van der Waals surface area contributed by atoms with E-state index in [0.29, 0.717) is 11.3 Å². The van der Waals surface area contributed by atoms with Crippen LogP contribution in [0.25, 0.3) is 0 Å². The minimum Gasteiger partial charge on any atom is -0.363 e. The standard InChI is InChI=1S/C10H9BrFN3S2/c1-13-9-14-15-10(17-9)16-5-6-2-3-7(11)4-8(6)12/h2-4H,5H2,1H3,(H,13,14). The van der Waals surface area contributed by atoms with Gasteiger partial charge in [0.1, 0.15) is 5.82 Å². The average Bonchev–Trinajstić information content (AvgIpc) is 2.76. The fourth-order valence-electron chi connectivity index (χ4n) is 1.15. The number of hydrogen-bond donors (Lipinski definition) is 1. The van der Waals surface area contributed by atoms with E-state index in [1.807, 2.05) is 6.07 Å². The Morgan fingerprint density at radius 3 is 2.94 bits per heavy atom. The van der Waals surface area contributed by atoms with Gasteiger partial charge in [0, 0.05) is 17.3 Å². The molecule has 3 nitrogen and oxygen atoms in total. The van der Waals surface area contributed by atoms with E-state index in [2.05, 4.69) is 31.4 Å². The number of thioether (sulfide) groups is 1. The molecule has 0 amide bonds. The molecule has 2 aromatic rings. The van der Waals surface area contributed by atoms with Gasteiger partial charge in [0.15, 0.2) is 4.34 Å². The van der Waals surface area contributed by atoms with Gasteiger partial charge in [0.25, 0.3) is 0 Å². The highest BCUT2D eigenvalue weighted by molar-refractivity contribution is 9.10. The van der Waals surface area contributed by atoms with Crippen molar-refractivity contribution in [2.24, 2.45) is 0 Å². The zero-order chi connectivity index (χ0) is 12.3. The Morgan fingerprint density at radius 2 is 2.29 bits per heavy atom. The second-order valence-corrected chi connectivity index (χ2v) is 6.26. The van der Waals surface area contributed by atoms with Gasteiger partial charge in [-0.25, -0.2) is 4.39 Å². The van der Waals surface area contributed by atoms with E-state index >= 15 is 0 Å². The summed E-state index contributed by atoms with van der Waals surface area (Å²) < 4.78 is 15.1. The predicted molar refractivity (Wildman–Crippen MR) is 73.1 cm³/mol. The average molecular weight is 334 g/mol. The van der Waals surface area contributed by atoms with Crippen LogP contribution in [-0.4, -0.2) is 17.2 Å². The predicted octanol–water partition coefficient (Wildman–Crippen LogP) is 3.77. The molecule has 1 aromatic heterocycles. The Labute approximate surface area is 115 Å². The van der Waals surface area contributed by atoms with Crippen molar-refractivity contribution in [3.63, 3.8) is 0 Å². The first-order valence-corrected chi connectivity index (χ1v) is 7.36. The molecule has 0 saturated heterocycles. The van der Waals surface area contributed by atoms with E-state index < -0.39 is 0 Å². The smallest absolute Gasteiger partial charge is 0.206 e. The number of anilines is 1. The maximum Gasteiger partial charge on any atom is 0.206 e. The number of benzene rings is 1. The van der Waals surface area contributed by atoms with Crippen LogP contribution in [0, 0.1) is 5.82 Å². The summed E-state index contributed by atoms with van der Waals surface area (Å²) in [6, 6.07) is 5.07. The van der Waals surface area contributed by atoms with E-state index in [1.165, 1.54) is 29.2 Å². The van der Waals surface area contributed by atoms with Crippen molar-refractivity contribution in [1.82, 2.24) is 10.2 Å². The summed E-state index contributed by atoms with van der Waals surface area (Å²) >= 11 is 6.17. The summed E-state index contributed by atoms with van der Waals surface area (Å²) in [6.07, 6.45) is 0. The Bertz CT molecular complexity index is 518. The number of nitrogens with one attached hydrogen (secondary N) is 1. The molecule has 1 aromatic carbocycles. The molecule has 0 bridgehead atoms. The van der Waals surface area contributed by atoms with Gasteiger partial charge in [-0.3, -0.25) is 0 Å². The highest BCUT2D eigenvalue weighted by atomic mass is 79.9. The second-order valence-electron chi connectivity index (χ2n) is 3.15. The summed E-state index contributed by atoms with van der Waals surface area (Å²) in [5, 5.41) is 11.6. The number of halogens is 2. The summed E-state index contributed by atoms with van der Waals surface area (Å²) in [7, 11) is 1.79. The molecular weight excluding hydrogens is 325 g/mol. The molecule has 0 aliphatic carbocycles. The largest absolute Gasteiger partial charge is 0.363 e. The van der Waals surface area contributed by atoms with Gasteiger partial charge >= 0.3 is 0 Å². The van der Waals surface area contributed by atoms with Gasteiger partial charge in [-0.05, 0) is 17.7 Å². The van der Waals surface area contributed by atoms with Crippen LogP contribution in [0.4, 0.5) is 9.52 Å². The quantitative estimate of drug-likeness (QED) is 0.864. The maximum absolute atomic E-state index is 13.5. The first-order valence-electron chi connectivity index (χ1n) is 4.77. The molecule has 0 radical (unpaired) electrons. The number of rotatable bonds is 4.